The number of nitrogens with one attached hydrogen (secondary N) is 4. The Bertz CT molecular complexity index is 1560. The smallest absolute Gasteiger partial charge is 0.232 e. The van der Waals surface area contributed by atoms with E-state index >= 15 is 0 Å². The van der Waals surface area contributed by atoms with Crippen molar-refractivity contribution < 1.29 is 14.6 Å². The van der Waals surface area contributed by atoms with E-state index in [9.17, 15) is 5.11 Å². The van der Waals surface area contributed by atoms with Crippen molar-refractivity contribution >= 4 is 33.7 Å². The predicted molar refractivity (Wildman–Crippen MR) is 140 cm³/mol. The van der Waals surface area contributed by atoms with Crippen LogP contribution in [-0.4, -0.2) is 55.7 Å². The summed E-state index contributed by atoms with van der Waals surface area (Å²) in [5.41, 5.74) is 5.58. The normalized spacial score (nSPS) is 14.9. The van der Waals surface area contributed by atoms with Gasteiger partial charge in [0.25, 0.3) is 0 Å². The molecule has 1 aliphatic rings. The third-order valence-corrected chi connectivity index (χ3v) is 6.78. The number of H-pyrrole nitrogens is 2. The van der Waals surface area contributed by atoms with Crippen molar-refractivity contribution in [2.24, 2.45) is 0 Å². The molecule has 3 aromatic heterocycles. The maximum atomic E-state index is 10.1. The van der Waals surface area contributed by atoms with E-state index in [1.807, 2.05) is 36.5 Å². The lowest BCUT2D eigenvalue weighted by molar-refractivity contribution is 0.149. The summed E-state index contributed by atoms with van der Waals surface area (Å²) in [4.78, 5) is 12.8. The molecule has 6 rings (SSSR count). The number of ether oxygens (including phenoxy) is 2. The van der Waals surface area contributed by atoms with Crippen molar-refractivity contribution in [3.63, 3.8) is 0 Å². The van der Waals surface area contributed by atoms with Gasteiger partial charge in [-0.3, -0.25) is 10.4 Å². The Balaban J connectivity index is 1.41. The fraction of sp³-hybridized carbons (Fsp3) is 0.308. The Labute approximate surface area is 212 Å². The first-order chi connectivity index (χ1) is 18.1. The number of rotatable bonds is 8. The fourth-order valence-electron chi connectivity index (χ4n) is 4.81. The van der Waals surface area contributed by atoms with Crippen LogP contribution in [0.4, 0.5) is 11.6 Å². The summed E-state index contributed by atoms with van der Waals surface area (Å²) < 4.78 is 12.0. The highest BCUT2D eigenvalue weighted by Gasteiger charge is 2.23. The van der Waals surface area contributed by atoms with Crippen LogP contribution in [0.5, 0.6) is 11.6 Å². The molecule has 3 heterocycles. The van der Waals surface area contributed by atoms with E-state index in [4.69, 9.17) is 19.4 Å². The SMILES string of the molecule is CNC(O)c1ccc(Nc2nc(OC3CCCC3)c3c(-c4ccc5nn[nH]c5c4)c[nH]c3n2)c(OC)c1. The summed E-state index contributed by atoms with van der Waals surface area (Å²) in [6, 6.07) is 11.4. The van der Waals surface area contributed by atoms with Crippen LogP contribution in [0, 0.1) is 0 Å². The number of fused-ring (bicyclic) bond motifs is 2. The zero-order valence-electron chi connectivity index (χ0n) is 20.6. The molecule has 5 N–H and O–H groups in total. The van der Waals surface area contributed by atoms with Gasteiger partial charge in [-0.25, -0.2) is 0 Å². The van der Waals surface area contributed by atoms with Crippen LogP contribution in [0.2, 0.25) is 0 Å². The number of aliphatic hydroxyl groups is 1. The van der Waals surface area contributed by atoms with Gasteiger partial charge in [-0.05, 0) is 68.1 Å². The Kier molecular flexibility index (Phi) is 6.07. The van der Waals surface area contributed by atoms with Gasteiger partial charge in [0.1, 0.15) is 29.2 Å². The van der Waals surface area contributed by atoms with E-state index in [1.54, 1.807) is 20.2 Å². The maximum Gasteiger partial charge on any atom is 0.232 e. The van der Waals surface area contributed by atoms with Crippen molar-refractivity contribution in [1.82, 2.24) is 35.7 Å². The van der Waals surface area contributed by atoms with Crippen LogP contribution < -0.4 is 20.1 Å². The molecule has 11 heteroatoms. The van der Waals surface area contributed by atoms with Crippen molar-refractivity contribution in [2.75, 3.05) is 19.5 Å². The largest absolute Gasteiger partial charge is 0.495 e. The molecule has 1 atom stereocenters. The molecule has 1 aliphatic carbocycles. The van der Waals surface area contributed by atoms with Gasteiger partial charge in [0.15, 0.2) is 0 Å². The summed E-state index contributed by atoms with van der Waals surface area (Å²) >= 11 is 0. The van der Waals surface area contributed by atoms with Gasteiger partial charge in [-0.1, -0.05) is 17.3 Å². The zero-order chi connectivity index (χ0) is 25.4. The number of hydrogen-bond donors (Lipinski definition) is 5. The van der Waals surface area contributed by atoms with Gasteiger partial charge in [0.2, 0.25) is 11.8 Å². The summed E-state index contributed by atoms with van der Waals surface area (Å²) in [5, 5.41) is 27.9. The first kappa shape index (κ1) is 23.2. The highest BCUT2D eigenvalue weighted by atomic mass is 16.5. The van der Waals surface area contributed by atoms with Gasteiger partial charge in [0.05, 0.1) is 23.7 Å². The Morgan fingerprint density at radius 2 is 1.97 bits per heavy atom. The fourth-order valence-corrected chi connectivity index (χ4v) is 4.81. The minimum atomic E-state index is -0.795. The number of benzene rings is 2. The van der Waals surface area contributed by atoms with E-state index in [0.717, 1.165) is 53.2 Å². The summed E-state index contributed by atoms with van der Waals surface area (Å²) in [6.07, 6.45) is 5.54. The van der Waals surface area contributed by atoms with Crippen LogP contribution in [0.25, 0.3) is 33.2 Å². The average molecular weight is 501 g/mol. The van der Waals surface area contributed by atoms with E-state index in [0.29, 0.717) is 34.5 Å². The summed E-state index contributed by atoms with van der Waals surface area (Å²) in [6.45, 7) is 0. The molecule has 37 heavy (non-hydrogen) atoms. The number of aromatic nitrogens is 6. The molecular formula is C26H28N8O3. The molecule has 1 unspecified atom stereocenters. The number of aromatic amines is 2. The van der Waals surface area contributed by atoms with Crippen LogP contribution in [0.3, 0.4) is 0 Å². The molecule has 0 bridgehead atoms. The molecule has 11 nitrogen and oxygen atoms in total. The molecule has 1 saturated carbocycles. The summed E-state index contributed by atoms with van der Waals surface area (Å²) in [5.74, 6) is 1.46. The number of nitrogens with zero attached hydrogens (tertiary/aromatic N) is 4. The molecular weight excluding hydrogens is 472 g/mol. The van der Waals surface area contributed by atoms with Crippen LogP contribution in [0.1, 0.15) is 37.5 Å². The van der Waals surface area contributed by atoms with Gasteiger partial charge in [0, 0.05) is 11.8 Å². The second-order valence-corrected chi connectivity index (χ2v) is 9.12. The number of hydrogen-bond acceptors (Lipinski definition) is 9. The van der Waals surface area contributed by atoms with Crippen LogP contribution >= 0.6 is 0 Å². The van der Waals surface area contributed by atoms with Crippen molar-refractivity contribution in [2.45, 2.75) is 38.0 Å². The Hall–Kier alpha value is -4.22. The first-order valence-electron chi connectivity index (χ1n) is 12.3. The second-order valence-electron chi connectivity index (χ2n) is 9.12. The third-order valence-electron chi connectivity index (χ3n) is 6.78. The van der Waals surface area contributed by atoms with Crippen molar-refractivity contribution in [3.8, 4) is 22.8 Å². The summed E-state index contributed by atoms with van der Waals surface area (Å²) in [7, 11) is 3.27. The van der Waals surface area contributed by atoms with E-state index in [2.05, 4.69) is 31.0 Å². The minimum Gasteiger partial charge on any atom is -0.495 e. The van der Waals surface area contributed by atoms with E-state index in [1.165, 1.54) is 0 Å². The quantitative estimate of drug-likeness (QED) is 0.198. The van der Waals surface area contributed by atoms with Crippen LogP contribution in [-0.2, 0) is 0 Å². The monoisotopic (exact) mass is 500 g/mol. The highest BCUT2D eigenvalue weighted by Crippen LogP contribution is 2.38. The molecule has 5 aromatic rings. The second kappa shape index (κ2) is 9.68. The zero-order valence-corrected chi connectivity index (χ0v) is 20.6. The first-order valence-corrected chi connectivity index (χ1v) is 12.3. The molecule has 0 aliphatic heterocycles. The van der Waals surface area contributed by atoms with E-state index in [-0.39, 0.29) is 6.10 Å². The molecule has 0 saturated heterocycles. The number of methoxy groups -OCH3 is 1. The standard InChI is InChI=1S/C26H28N8O3/c1-27-24(35)15-8-10-19(21(12-15)36-2)29-26-30-23-22(25(31-26)37-16-5-3-4-6-16)17(13-28-23)14-7-9-18-20(11-14)33-34-32-18/h7-13,16,24,27,35H,3-6H2,1-2H3,(H,32,33,34)(H2,28,29,30,31). The molecule has 0 amide bonds. The molecule has 0 spiro atoms. The topological polar surface area (TPSA) is 146 Å². The Morgan fingerprint density at radius 1 is 1.11 bits per heavy atom. The minimum absolute atomic E-state index is 0.116. The molecule has 1 fully saturated rings. The Morgan fingerprint density at radius 3 is 2.78 bits per heavy atom. The number of anilines is 2. The molecule has 190 valence electrons. The van der Waals surface area contributed by atoms with E-state index < -0.39 is 6.23 Å². The van der Waals surface area contributed by atoms with Crippen molar-refractivity contribution in [1.29, 1.82) is 0 Å². The number of aliphatic hydroxyl groups excluding tert-OH is 1. The highest BCUT2D eigenvalue weighted by molar-refractivity contribution is 5.99. The van der Waals surface area contributed by atoms with Gasteiger partial charge in [-0.15, -0.1) is 5.10 Å². The lowest BCUT2D eigenvalue weighted by Gasteiger charge is -2.17. The molecule has 2 aromatic carbocycles. The van der Waals surface area contributed by atoms with Gasteiger partial charge in [-0.2, -0.15) is 9.97 Å². The van der Waals surface area contributed by atoms with Crippen LogP contribution in [0.15, 0.2) is 42.6 Å². The molecule has 0 radical (unpaired) electrons. The predicted octanol–water partition coefficient (Wildman–Crippen LogP) is 4.18. The third kappa shape index (κ3) is 4.43. The van der Waals surface area contributed by atoms with Crippen molar-refractivity contribution in [3.05, 3.63) is 48.2 Å². The lowest BCUT2D eigenvalue weighted by atomic mass is 10.1. The average Bonchev–Trinajstić information content (AvgIpc) is 3.69. The van der Waals surface area contributed by atoms with Gasteiger partial charge >= 0.3 is 0 Å². The maximum absolute atomic E-state index is 10.1. The lowest BCUT2D eigenvalue weighted by Crippen LogP contribution is -2.15. The van der Waals surface area contributed by atoms with Gasteiger partial charge < -0.3 is 24.9 Å².